The lowest BCUT2D eigenvalue weighted by Gasteiger charge is -2.17. The monoisotopic (exact) mass is 552 g/mol. The predicted molar refractivity (Wildman–Crippen MR) is 153 cm³/mol. The van der Waals surface area contributed by atoms with Gasteiger partial charge in [-0.25, -0.2) is 14.5 Å². The molecule has 0 radical (unpaired) electrons. The van der Waals surface area contributed by atoms with Gasteiger partial charge in [-0.05, 0) is 60.4 Å². The maximum atomic E-state index is 12.4. The van der Waals surface area contributed by atoms with E-state index in [2.05, 4.69) is 4.74 Å². The fraction of sp³-hybridized carbons (Fsp3) is 0.125. The van der Waals surface area contributed by atoms with Crippen molar-refractivity contribution in [3.8, 4) is 0 Å². The average Bonchev–Trinajstić information content (AvgIpc) is 3.42. The van der Waals surface area contributed by atoms with Crippen molar-refractivity contribution in [1.29, 1.82) is 0 Å². The Balaban J connectivity index is 0.000000156. The lowest BCUT2D eigenvalue weighted by molar-refractivity contribution is 0.0443. The minimum Gasteiger partial charge on any atom is -0.399 e. The first-order valence-corrected chi connectivity index (χ1v) is 12.8. The number of para-hydroxylation sites is 2. The molecule has 2 heterocycles. The molecular weight excluding hydrogens is 524 g/mol. The molecule has 0 aromatic heterocycles. The highest BCUT2D eigenvalue weighted by Gasteiger charge is 2.37. The Morgan fingerprint density at radius 3 is 1.49 bits per heavy atom. The Morgan fingerprint density at radius 2 is 0.976 bits per heavy atom. The van der Waals surface area contributed by atoms with Crippen molar-refractivity contribution >= 4 is 35.1 Å². The van der Waals surface area contributed by atoms with Gasteiger partial charge in [0.15, 0.2) is 0 Å². The second kappa shape index (κ2) is 13.3. The Hall–Kier alpha value is -5.12. The van der Waals surface area contributed by atoms with Crippen LogP contribution in [0.15, 0.2) is 97.1 Å². The fourth-order valence-electron chi connectivity index (χ4n) is 4.38. The van der Waals surface area contributed by atoms with Gasteiger partial charge in [-0.2, -0.15) is 0 Å². The van der Waals surface area contributed by atoms with E-state index in [1.54, 1.807) is 60.7 Å². The number of fused-ring (bicyclic) bond motifs is 2. The second-order valence-corrected chi connectivity index (χ2v) is 8.99. The molecule has 4 N–H and O–H groups in total. The summed E-state index contributed by atoms with van der Waals surface area (Å²) in [6, 6.07) is 28.0. The number of nitrogens with zero attached hydrogens (tertiary/aromatic N) is 1. The quantitative estimate of drug-likeness (QED) is 0.147. The standard InChI is InChI=1S/C16H13NO3.C8H11NO.C8H4O3/c18-10-9-11-5-1-4-8-14(11)17-15(19)12-6-2-3-7-13(12)16(17)20;9-8-4-2-1-3-7(8)5-6-10;9-7-5-3-1-2-4-6(5)8(10)11-7/h1-8,18H,9-10H2;1-4,10H,5-6,9H2;1-4H. The maximum Gasteiger partial charge on any atom is 0.346 e. The van der Waals surface area contributed by atoms with E-state index in [9.17, 15) is 19.2 Å². The zero-order valence-corrected chi connectivity index (χ0v) is 22.0. The van der Waals surface area contributed by atoms with E-state index >= 15 is 0 Å². The highest BCUT2D eigenvalue weighted by molar-refractivity contribution is 6.34. The predicted octanol–water partition coefficient (Wildman–Crippen LogP) is 3.82. The van der Waals surface area contributed by atoms with Crippen LogP contribution in [0.3, 0.4) is 0 Å². The summed E-state index contributed by atoms with van der Waals surface area (Å²) in [6.07, 6.45) is 1.05. The summed E-state index contributed by atoms with van der Waals surface area (Å²) in [6.45, 7) is 0.133. The number of nitrogen functional groups attached to an aromatic ring is 1. The molecule has 4 aromatic carbocycles. The van der Waals surface area contributed by atoms with E-state index in [0.29, 0.717) is 40.8 Å². The number of aliphatic hydroxyl groups excluding tert-OH is 2. The van der Waals surface area contributed by atoms with E-state index in [0.717, 1.165) is 16.8 Å². The molecule has 9 nitrogen and oxygen atoms in total. The second-order valence-electron chi connectivity index (χ2n) is 8.99. The van der Waals surface area contributed by atoms with Crippen LogP contribution in [0.25, 0.3) is 0 Å². The van der Waals surface area contributed by atoms with Crippen LogP contribution in [-0.4, -0.2) is 47.2 Å². The Morgan fingerprint density at radius 1 is 0.561 bits per heavy atom. The summed E-state index contributed by atoms with van der Waals surface area (Å²) >= 11 is 0. The van der Waals surface area contributed by atoms with Gasteiger partial charge in [0.25, 0.3) is 11.8 Å². The molecule has 0 fully saturated rings. The lowest BCUT2D eigenvalue weighted by atomic mass is 10.1. The number of rotatable bonds is 5. The SMILES string of the molecule is Nc1ccccc1CCO.O=C1OC(=O)c2ccccc21.O=C1c2ccccc2C(=O)N1c1ccccc1CCO. The van der Waals surface area contributed by atoms with Crippen LogP contribution in [0, 0.1) is 0 Å². The Labute approximate surface area is 236 Å². The number of hydrogen-bond acceptors (Lipinski definition) is 8. The molecule has 0 bridgehead atoms. The van der Waals surface area contributed by atoms with Crippen molar-refractivity contribution in [2.75, 3.05) is 23.8 Å². The molecule has 2 amide bonds. The smallest absolute Gasteiger partial charge is 0.346 e. The number of carbonyl (C=O) groups is 4. The summed E-state index contributed by atoms with van der Waals surface area (Å²) in [7, 11) is 0. The lowest BCUT2D eigenvalue weighted by Crippen LogP contribution is -2.30. The van der Waals surface area contributed by atoms with Gasteiger partial charge < -0.3 is 20.7 Å². The molecule has 9 heteroatoms. The average molecular weight is 553 g/mol. The van der Waals surface area contributed by atoms with Crippen molar-refractivity contribution < 1.29 is 34.1 Å². The number of ether oxygens (including phenoxy) is 1. The summed E-state index contributed by atoms with van der Waals surface area (Å²) in [5, 5.41) is 17.7. The highest BCUT2D eigenvalue weighted by atomic mass is 16.6. The van der Waals surface area contributed by atoms with Crippen LogP contribution in [0.1, 0.15) is 52.6 Å². The fourth-order valence-corrected chi connectivity index (χ4v) is 4.38. The molecule has 208 valence electrons. The first kappa shape index (κ1) is 28.9. The van der Waals surface area contributed by atoms with Crippen LogP contribution < -0.4 is 10.6 Å². The van der Waals surface area contributed by atoms with Gasteiger partial charge in [-0.1, -0.05) is 60.7 Å². The van der Waals surface area contributed by atoms with E-state index in [-0.39, 0.29) is 25.0 Å². The van der Waals surface area contributed by atoms with Crippen molar-refractivity contribution in [3.63, 3.8) is 0 Å². The number of imide groups is 1. The zero-order valence-electron chi connectivity index (χ0n) is 22.0. The van der Waals surface area contributed by atoms with Crippen LogP contribution in [-0.2, 0) is 17.6 Å². The third-order valence-corrected chi connectivity index (χ3v) is 6.40. The van der Waals surface area contributed by atoms with Gasteiger partial charge in [0.2, 0.25) is 0 Å². The molecule has 0 aliphatic carbocycles. The summed E-state index contributed by atoms with van der Waals surface area (Å²) in [5.41, 5.74) is 10.3. The van der Waals surface area contributed by atoms with Crippen LogP contribution in [0.5, 0.6) is 0 Å². The molecule has 6 rings (SSSR count). The normalized spacial score (nSPS) is 13.0. The highest BCUT2D eigenvalue weighted by Crippen LogP contribution is 2.30. The van der Waals surface area contributed by atoms with Crippen LogP contribution in [0.4, 0.5) is 11.4 Å². The molecule has 4 aromatic rings. The Bertz CT molecular complexity index is 1530. The number of amides is 2. The number of benzene rings is 4. The van der Waals surface area contributed by atoms with Crippen molar-refractivity contribution in [2.45, 2.75) is 12.8 Å². The summed E-state index contributed by atoms with van der Waals surface area (Å²) < 4.78 is 4.35. The molecule has 0 saturated heterocycles. The first-order chi connectivity index (χ1) is 19.9. The third-order valence-electron chi connectivity index (χ3n) is 6.40. The molecule has 0 saturated carbocycles. The molecule has 41 heavy (non-hydrogen) atoms. The van der Waals surface area contributed by atoms with Gasteiger partial charge in [-0.3, -0.25) is 9.59 Å². The molecule has 0 unspecified atom stereocenters. The maximum absolute atomic E-state index is 12.4. The van der Waals surface area contributed by atoms with Crippen LogP contribution >= 0.6 is 0 Å². The minimum atomic E-state index is -0.550. The Kier molecular flexibility index (Phi) is 9.36. The molecule has 0 atom stereocenters. The number of anilines is 2. The van der Waals surface area contributed by atoms with Crippen molar-refractivity contribution in [3.05, 3.63) is 130 Å². The molecule has 0 spiro atoms. The molecular formula is C32H28N2O7. The van der Waals surface area contributed by atoms with Gasteiger partial charge in [0.05, 0.1) is 27.9 Å². The number of carbonyl (C=O) groups excluding carboxylic acids is 4. The number of aliphatic hydroxyl groups is 2. The van der Waals surface area contributed by atoms with E-state index in [1.807, 2.05) is 36.4 Å². The van der Waals surface area contributed by atoms with E-state index < -0.39 is 11.9 Å². The number of hydrogen-bond donors (Lipinski definition) is 3. The minimum absolute atomic E-state index is 0.0276. The van der Waals surface area contributed by atoms with Gasteiger partial charge >= 0.3 is 11.9 Å². The van der Waals surface area contributed by atoms with E-state index in [4.69, 9.17) is 15.9 Å². The number of nitrogens with two attached hydrogens (primary N) is 1. The van der Waals surface area contributed by atoms with Crippen molar-refractivity contribution in [2.24, 2.45) is 0 Å². The third kappa shape index (κ3) is 6.38. The van der Waals surface area contributed by atoms with Gasteiger partial charge in [-0.15, -0.1) is 0 Å². The zero-order chi connectivity index (χ0) is 29.4. The first-order valence-electron chi connectivity index (χ1n) is 12.8. The van der Waals surface area contributed by atoms with Gasteiger partial charge in [0.1, 0.15) is 0 Å². The van der Waals surface area contributed by atoms with Crippen LogP contribution in [0.2, 0.25) is 0 Å². The summed E-state index contributed by atoms with van der Waals surface area (Å²) in [4.78, 5) is 47.7. The van der Waals surface area contributed by atoms with Crippen molar-refractivity contribution in [1.82, 2.24) is 0 Å². The topological polar surface area (TPSA) is 147 Å². The molecule has 2 aliphatic heterocycles. The summed E-state index contributed by atoms with van der Waals surface area (Å²) in [5.74, 6) is -1.72. The number of esters is 2. The molecule has 2 aliphatic rings. The largest absolute Gasteiger partial charge is 0.399 e. The van der Waals surface area contributed by atoms with E-state index in [1.165, 1.54) is 4.90 Å². The van der Waals surface area contributed by atoms with Gasteiger partial charge in [0, 0.05) is 18.9 Å². The number of cyclic esters (lactones) is 2.